The molecule has 3 nitrogen and oxygen atoms in total. The third-order valence-corrected chi connectivity index (χ3v) is 3.20. The minimum atomic E-state index is -4.66. The summed E-state index contributed by atoms with van der Waals surface area (Å²) in [5.74, 6) is -0.225. The largest absolute Gasteiger partial charge is 0.573 e. The van der Waals surface area contributed by atoms with Crippen molar-refractivity contribution in [1.82, 2.24) is 5.32 Å². The third kappa shape index (κ3) is 4.40. The summed E-state index contributed by atoms with van der Waals surface area (Å²) in [6.45, 7) is 0.522. The molecular formula is C13H16F3NO2. The highest BCUT2D eigenvalue weighted by Crippen LogP contribution is 2.23. The maximum absolute atomic E-state index is 12.0. The molecule has 1 aliphatic rings. The number of nitrogens with one attached hydrogen (secondary N) is 1. The smallest absolute Gasteiger partial charge is 0.406 e. The van der Waals surface area contributed by atoms with Crippen molar-refractivity contribution in [2.45, 2.75) is 44.3 Å². The first kappa shape index (κ1) is 14.1. The topological polar surface area (TPSA) is 41.5 Å². The van der Waals surface area contributed by atoms with E-state index in [1.54, 1.807) is 12.1 Å². The van der Waals surface area contributed by atoms with Gasteiger partial charge in [0.2, 0.25) is 0 Å². The van der Waals surface area contributed by atoms with Crippen LogP contribution < -0.4 is 10.1 Å². The van der Waals surface area contributed by atoms with E-state index in [0.29, 0.717) is 6.54 Å². The molecule has 1 saturated carbocycles. The van der Waals surface area contributed by atoms with Crippen LogP contribution in [0, 0.1) is 0 Å². The van der Waals surface area contributed by atoms with E-state index < -0.39 is 6.36 Å². The van der Waals surface area contributed by atoms with E-state index in [9.17, 15) is 18.3 Å². The molecule has 0 saturated heterocycles. The van der Waals surface area contributed by atoms with Crippen molar-refractivity contribution in [3.05, 3.63) is 29.8 Å². The fraction of sp³-hybridized carbons (Fsp3) is 0.538. The number of hydrogen-bond acceptors (Lipinski definition) is 3. The molecule has 0 aromatic heterocycles. The quantitative estimate of drug-likeness (QED) is 0.887. The molecule has 6 heteroatoms. The van der Waals surface area contributed by atoms with Crippen molar-refractivity contribution >= 4 is 0 Å². The average Bonchev–Trinajstić information content (AvgIpc) is 2.72. The van der Waals surface area contributed by atoms with E-state index in [4.69, 9.17) is 0 Å². The minimum absolute atomic E-state index is 0.0751. The lowest BCUT2D eigenvalue weighted by atomic mass is 10.1. The standard InChI is InChI=1S/C13H16F3NO2/c14-13(15,16)19-10-6-4-9(5-7-10)8-17-11-2-1-3-12(11)18/h4-7,11-12,17-18H,1-3,8H2/t11-,12-/m0/s1. The number of ether oxygens (including phenoxy) is 1. The number of aliphatic hydroxyl groups is 1. The van der Waals surface area contributed by atoms with Crippen molar-refractivity contribution < 1.29 is 23.0 Å². The second-order valence-electron chi connectivity index (χ2n) is 4.68. The van der Waals surface area contributed by atoms with Crippen LogP contribution >= 0.6 is 0 Å². The number of benzene rings is 1. The SMILES string of the molecule is O[C@H]1CCC[C@@H]1NCc1ccc(OC(F)(F)F)cc1. The summed E-state index contributed by atoms with van der Waals surface area (Å²) >= 11 is 0. The van der Waals surface area contributed by atoms with E-state index in [1.807, 2.05) is 0 Å². The normalized spacial score (nSPS) is 23.6. The summed E-state index contributed by atoms with van der Waals surface area (Å²) in [4.78, 5) is 0. The molecule has 19 heavy (non-hydrogen) atoms. The Labute approximate surface area is 109 Å². The maximum Gasteiger partial charge on any atom is 0.573 e. The Morgan fingerprint density at radius 3 is 2.42 bits per heavy atom. The molecule has 0 heterocycles. The Kier molecular flexibility index (Phi) is 4.31. The molecule has 106 valence electrons. The van der Waals surface area contributed by atoms with Gasteiger partial charge in [0.15, 0.2) is 0 Å². The van der Waals surface area contributed by atoms with Crippen LogP contribution in [0.4, 0.5) is 13.2 Å². The van der Waals surface area contributed by atoms with Crippen LogP contribution in [0.5, 0.6) is 5.75 Å². The number of rotatable bonds is 4. The highest BCUT2D eigenvalue weighted by molar-refractivity contribution is 5.27. The van der Waals surface area contributed by atoms with Crippen molar-refractivity contribution in [3.8, 4) is 5.75 Å². The van der Waals surface area contributed by atoms with Gasteiger partial charge in [-0.05, 0) is 37.0 Å². The third-order valence-electron chi connectivity index (χ3n) is 3.20. The molecule has 2 N–H and O–H groups in total. The van der Waals surface area contributed by atoms with Gasteiger partial charge in [-0.1, -0.05) is 12.1 Å². The maximum atomic E-state index is 12.0. The van der Waals surface area contributed by atoms with Gasteiger partial charge in [-0.15, -0.1) is 13.2 Å². The molecule has 0 aliphatic heterocycles. The highest BCUT2D eigenvalue weighted by Gasteiger charge is 2.31. The first-order chi connectivity index (χ1) is 8.94. The number of alkyl halides is 3. The van der Waals surface area contributed by atoms with E-state index in [0.717, 1.165) is 24.8 Å². The van der Waals surface area contributed by atoms with Crippen LogP contribution in [-0.4, -0.2) is 23.6 Å². The Morgan fingerprint density at radius 1 is 1.21 bits per heavy atom. The molecule has 0 spiro atoms. The van der Waals surface area contributed by atoms with Gasteiger partial charge in [-0.3, -0.25) is 0 Å². The predicted molar refractivity (Wildman–Crippen MR) is 63.6 cm³/mol. The first-order valence-electron chi connectivity index (χ1n) is 6.20. The summed E-state index contributed by atoms with van der Waals surface area (Å²) in [6, 6.07) is 5.81. The lowest BCUT2D eigenvalue weighted by Crippen LogP contribution is -2.35. The number of hydrogen-bond donors (Lipinski definition) is 2. The molecule has 1 aromatic rings. The molecular weight excluding hydrogens is 259 g/mol. The summed E-state index contributed by atoms with van der Waals surface area (Å²) in [7, 11) is 0. The Bertz CT molecular complexity index is 405. The Morgan fingerprint density at radius 2 is 1.89 bits per heavy atom. The fourth-order valence-corrected chi connectivity index (χ4v) is 2.24. The predicted octanol–water partition coefficient (Wildman–Crippen LogP) is 2.59. The summed E-state index contributed by atoms with van der Waals surface area (Å²) in [6.07, 6.45) is -2.26. The van der Waals surface area contributed by atoms with Gasteiger partial charge in [0, 0.05) is 12.6 Å². The van der Waals surface area contributed by atoms with Crippen molar-refractivity contribution in [2.24, 2.45) is 0 Å². The summed E-state index contributed by atoms with van der Waals surface area (Å²) in [5, 5.41) is 12.8. The van der Waals surface area contributed by atoms with Crippen LogP contribution in [0.1, 0.15) is 24.8 Å². The van der Waals surface area contributed by atoms with E-state index in [1.165, 1.54) is 12.1 Å². The molecule has 1 aliphatic carbocycles. The van der Waals surface area contributed by atoms with Crippen molar-refractivity contribution in [2.75, 3.05) is 0 Å². The zero-order valence-electron chi connectivity index (χ0n) is 10.3. The van der Waals surface area contributed by atoms with Gasteiger partial charge in [-0.25, -0.2) is 0 Å². The zero-order valence-corrected chi connectivity index (χ0v) is 10.3. The van der Waals surface area contributed by atoms with Crippen LogP contribution in [0.2, 0.25) is 0 Å². The van der Waals surface area contributed by atoms with Crippen LogP contribution in [0.25, 0.3) is 0 Å². The van der Waals surface area contributed by atoms with Crippen LogP contribution in [0.3, 0.4) is 0 Å². The van der Waals surface area contributed by atoms with Crippen molar-refractivity contribution in [1.29, 1.82) is 0 Å². The first-order valence-corrected chi connectivity index (χ1v) is 6.20. The molecule has 1 fully saturated rings. The molecule has 0 radical (unpaired) electrons. The van der Waals surface area contributed by atoms with Gasteiger partial charge in [-0.2, -0.15) is 0 Å². The van der Waals surface area contributed by atoms with Gasteiger partial charge in [0.05, 0.1) is 6.10 Å². The van der Waals surface area contributed by atoms with E-state index in [-0.39, 0.29) is 17.9 Å². The van der Waals surface area contributed by atoms with Crippen LogP contribution in [-0.2, 0) is 6.54 Å². The van der Waals surface area contributed by atoms with Crippen LogP contribution in [0.15, 0.2) is 24.3 Å². The van der Waals surface area contributed by atoms with Crippen molar-refractivity contribution in [3.63, 3.8) is 0 Å². The molecule has 2 rings (SSSR count). The Hall–Kier alpha value is -1.27. The fourth-order valence-electron chi connectivity index (χ4n) is 2.24. The lowest BCUT2D eigenvalue weighted by molar-refractivity contribution is -0.274. The lowest BCUT2D eigenvalue weighted by Gasteiger charge is -2.16. The number of aliphatic hydroxyl groups excluding tert-OH is 1. The highest BCUT2D eigenvalue weighted by atomic mass is 19.4. The van der Waals surface area contributed by atoms with Gasteiger partial charge >= 0.3 is 6.36 Å². The Balaban J connectivity index is 1.85. The van der Waals surface area contributed by atoms with E-state index >= 15 is 0 Å². The second-order valence-corrected chi connectivity index (χ2v) is 4.68. The van der Waals surface area contributed by atoms with Gasteiger partial charge in [0.1, 0.15) is 5.75 Å². The molecule has 0 amide bonds. The molecule has 1 aromatic carbocycles. The zero-order chi connectivity index (χ0) is 13.9. The minimum Gasteiger partial charge on any atom is -0.406 e. The van der Waals surface area contributed by atoms with Gasteiger partial charge < -0.3 is 15.2 Å². The summed E-state index contributed by atoms with van der Waals surface area (Å²) in [5.41, 5.74) is 0.855. The molecule has 0 unspecified atom stereocenters. The second kappa shape index (κ2) is 5.79. The molecule has 0 bridgehead atoms. The summed E-state index contributed by atoms with van der Waals surface area (Å²) < 4.78 is 39.7. The van der Waals surface area contributed by atoms with E-state index in [2.05, 4.69) is 10.1 Å². The van der Waals surface area contributed by atoms with Gasteiger partial charge in [0.25, 0.3) is 0 Å². The monoisotopic (exact) mass is 275 g/mol. The molecule has 2 atom stereocenters. The number of halogens is 3. The average molecular weight is 275 g/mol.